The molecule has 0 N–H and O–H groups in total. The molecule has 0 spiro atoms. The van der Waals surface area contributed by atoms with Crippen LogP contribution in [0.15, 0.2) is 30.6 Å². The van der Waals surface area contributed by atoms with E-state index >= 15 is 0 Å². The maximum Gasteiger partial charge on any atom is 0.213 e. The summed E-state index contributed by atoms with van der Waals surface area (Å²) in [5, 5.41) is 4.50. The van der Waals surface area contributed by atoms with Gasteiger partial charge in [-0.15, -0.1) is 0 Å². The standard InChI is InChI=1S/C19H27N3O2/c1-3-12-22-18(10-11-21-22)17-7-5-4-6-15(17)14-24-16-8-9-19(23-2)20-13-16/h8-11,13,15,17H,3-7,12,14H2,1-2H3. The van der Waals surface area contributed by atoms with Gasteiger partial charge in [-0.3, -0.25) is 4.68 Å². The molecule has 2 atom stereocenters. The molecule has 24 heavy (non-hydrogen) atoms. The lowest BCUT2D eigenvalue weighted by Gasteiger charge is -2.31. The normalized spacial score (nSPS) is 20.8. The highest BCUT2D eigenvalue weighted by Crippen LogP contribution is 2.38. The highest BCUT2D eigenvalue weighted by molar-refractivity contribution is 5.23. The van der Waals surface area contributed by atoms with Crippen molar-refractivity contribution in [1.29, 1.82) is 0 Å². The summed E-state index contributed by atoms with van der Waals surface area (Å²) in [4.78, 5) is 4.21. The number of rotatable bonds is 7. The van der Waals surface area contributed by atoms with Crippen LogP contribution in [0.3, 0.4) is 0 Å². The average molecular weight is 329 g/mol. The van der Waals surface area contributed by atoms with E-state index in [0.717, 1.165) is 25.3 Å². The molecule has 0 saturated heterocycles. The van der Waals surface area contributed by atoms with Crippen molar-refractivity contribution < 1.29 is 9.47 Å². The van der Waals surface area contributed by atoms with Crippen LogP contribution in [0.5, 0.6) is 11.6 Å². The first-order valence-corrected chi connectivity index (χ1v) is 8.96. The molecule has 5 nitrogen and oxygen atoms in total. The van der Waals surface area contributed by atoms with Crippen molar-refractivity contribution in [3.8, 4) is 11.6 Å². The number of hydrogen-bond acceptors (Lipinski definition) is 4. The minimum absolute atomic E-state index is 0.535. The minimum atomic E-state index is 0.535. The molecule has 2 aromatic heterocycles. The van der Waals surface area contributed by atoms with Gasteiger partial charge in [0, 0.05) is 36.3 Å². The molecule has 1 aliphatic rings. The van der Waals surface area contributed by atoms with Crippen LogP contribution in [0.4, 0.5) is 0 Å². The van der Waals surface area contributed by atoms with Gasteiger partial charge in [-0.05, 0) is 31.4 Å². The maximum atomic E-state index is 6.03. The lowest BCUT2D eigenvalue weighted by atomic mass is 9.78. The largest absolute Gasteiger partial charge is 0.492 e. The third kappa shape index (κ3) is 3.89. The molecule has 0 radical (unpaired) electrons. The fraction of sp³-hybridized carbons (Fsp3) is 0.579. The molecule has 2 heterocycles. The quantitative estimate of drug-likeness (QED) is 0.769. The molecule has 0 aromatic carbocycles. The Hall–Kier alpha value is -2.04. The number of ether oxygens (including phenoxy) is 2. The summed E-state index contributed by atoms with van der Waals surface area (Å²) in [6, 6.07) is 5.95. The van der Waals surface area contributed by atoms with E-state index in [-0.39, 0.29) is 0 Å². The van der Waals surface area contributed by atoms with E-state index in [0.29, 0.717) is 17.7 Å². The Bertz CT molecular complexity index is 624. The molecular weight excluding hydrogens is 302 g/mol. The first-order chi connectivity index (χ1) is 11.8. The molecule has 1 saturated carbocycles. The van der Waals surface area contributed by atoms with Crippen molar-refractivity contribution in [2.24, 2.45) is 5.92 Å². The number of aromatic nitrogens is 3. The highest BCUT2D eigenvalue weighted by atomic mass is 16.5. The van der Waals surface area contributed by atoms with Gasteiger partial charge in [0.05, 0.1) is 19.9 Å². The van der Waals surface area contributed by atoms with Gasteiger partial charge in [-0.1, -0.05) is 19.8 Å². The zero-order valence-electron chi connectivity index (χ0n) is 14.6. The predicted octanol–water partition coefficient (Wildman–Crippen LogP) is 4.05. The molecule has 2 aromatic rings. The number of hydrogen-bond donors (Lipinski definition) is 0. The van der Waals surface area contributed by atoms with Crippen molar-refractivity contribution >= 4 is 0 Å². The average Bonchev–Trinajstić information content (AvgIpc) is 3.09. The smallest absolute Gasteiger partial charge is 0.213 e. The summed E-state index contributed by atoms with van der Waals surface area (Å²) >= 11 is 0. The first kappa shape index (κ1) is 16.8. The lowest BCUT2D eigenvalue weighted by molar-refractivity contribution is 0.181. The van der Waals surface area contributed by atoms with Crippen LogP contribution >= 0.6 is 0 Å². The Morgan fingerprint density at radius 3 is 2.83 bits per heavy atom. The Kier molecular flexibility index (Phi) is 5.72. The SMILES string of the molecule is CCCn1nccc1C1CCCCC1COc1ccc(OC)nc1. The van der Waals surface area contributed by atoms with Crippen molar-refractivity contribution in [1.82, 2.24) is 14.8 Å². The maximum absolute atomic E-state index is 6.03. The second-order valence-corrected chi connectivity index (χ2v) is 6.48. The Balaban J connectivity index is 1.66. The second kappa shape index (κ2) is 8.18. The van der Waals surface area contributed by atoms with Gasteiger partial charge in [0.2, 0.25) is 5.88 Å². The fourth-order valence-corrected chi connectivity index (χ4v) is 3.63. The molecule has 1 aliphatic carbocycles. The molecule has 2 unspecified atom stereocenters. The van der Waals surface area contributed by atoms with E-state index in [1.807, 2.05) is 18.3 Å². The number of pyridine rings is 1. The molecule has 0 aliphatic heterocycles. The zero-order chi connectivity index (χ0) is 16.8. The van der Waals surface area contributed by atoms with Gasteiger partial charge in [0.1, 0.15) is 5.75 Å². The Labute approximate surface area is 144 Å². The van der Waals surface area contributed by atoms with Crippen molar-refractivity contribution in [3.05, 3.63) is 36.3 Å². The van der Waals surface area contributed by atoms with Gasteiger partial charge in [-0.2, -0.15) is 5.10 Å². The van der Waals surface area contributed by atoms with E-state index in [1.54, 1.807) is 13.3 Å². The van der Waals surface area contributed by atoms with Gasteiger partial charge in [0.15, 0.2) is 0 Å². The first-order valence-electron chi connectivity index (χ1n) is 8.96. The highest BCUT2D eigenvalue weighted by Gasteiger charge is 2.29. The van der Waals surface area contributed by atoms with Crippen LogP contribution in [0, 0.1) is 5.92 Å². The van der Waals surface area contributed by atoms with E-state index in [1.165, 1.54) is 31.4 Å². The number of aryl methyl sites for hydroxylation is 1. The summed E-state index contributed by atoms with van der Waals surface area (Å²) in [6.07, 6.45) is 9.80. The minimum Gasteiger partial charge on any atom is -0.492 e. The summed E-state index contributed by atoms with van der Waals surface area (Å²) in [5.41, 5.74) is 1.37. The third-order valence-corrected chi connectivity index (χ3v) is 4.86. The summed E-state index contributed by atoms with van der Waals surface area (Å²) in [7, 11) is 1.62. The Morgan fingerprint density at radius 2 is 2.08 bits per heavy atom. The van der Waals surface area contributed by atoms with Gasteiger partial charge < -0.3 is 9.47 Å². The monoisotopic (exact) mass is 329 g/mol. The molecule has 1 fully saturated rings. The summed E-state index contributed by atoms with van der Waals surface area (Å²) in [6.45, 7) is 3.92. The van der Waals surface area contributed by atoms with Crippen LogP contribution in [0.2, 0.25) is 0 Å². The zero-order valence-corrected chi connectivity index (χ0v) is 14.6. The molecule has 5 heteroatoms. The van der Waals surface area contributed by atoms with Gasteiger partial charge in [-0.25, -0.2) is 4.98 Å². The second-order valence-electron chi connectivity index (χ2n) is 6.48. The molecule has 0 amide bonds. The van der Waals surface area contributed by atoms with E-state index in [2.05, 4.69) is 27.8 Å². The number of methoxy groups -OCH3 is 1. The molecule has 130 valence electrons. The third-order valence-electron chi connectivity index (χ3n) is 4.86. The van der Waals surface area contributed by atoms with E-state index < -0.39 is 0 Å². The van der Waals surface area contributed by atoms with Crippen molar-refractivity contribution in [2.45, 2.75) is 51.5 Å². The van der Waals surface area contributed by atoms with E-state index in [9.17, 15) is 0 Å². The van der Waals surface area contributed by atoms with Crippen LogP contribution < -0.4 is 9.47 Å². The van der Waals surface area contributed by atoms with Crippen molar-refractivity contribution in [3.63, 3.8) is 0 Å². The Morgan fingerprint density at radius 1 is 1.21 bits per heavy atom. The van der Waals surface area contributed by atoms with Crippen LogP contribution in [0.25, 0.3) is 0 Å². The van der Waals surface area contributed by atoms with E-state index in [4.69, 9.17) is 9.47 Å². The van der Waals surface area contributed by atoms with Crippen LogP contribution in [-0.4, -0.2) is 28.5 Å². The molecule has 3 rings (SSSR count). The lowest BCUT2D eigenvalue weighted by Crippen LogP contribution is -2.26. The van der Waals surface area contributed by atoms with Crippen LogP contribution in [0.1, 0.15) is 50.6 Å². The summed E-state index contributed by atoms with van der Waals surface area (Å²) in [5.74, 6) is 2.50. The summed E-state index contributed by atoms with van der Waals surface area (Å²) < 4.78 is 13.3. The predicted molar refractivity (Wildman–Crippen MR) is 93.5 cm³/mol. The van der Waals surface area contributed by atoms with Crippen molar-refractivity contribution in [2.75, 3.05) is 13.7 Å². The molecular formula is C19H27N3O2. The van der Waals surface area contributed by atoms with Gasteiger partial charge in [0.25, 0.3) is 0 Å². The number of nitrogens with zero attached hydrogens (tertiary/aromatic N) is 3. The molecule has 0 bridgehead atoms. The van der Waals surface area contributed by atoms with Gasteiger partial charge >= 0.3 is 0 Å². The van der Waals surface area contributed by atoms with Crippen LogP contribution in [-0.2, 0) is 6.54 Å². The topological polar surface area (TPSA) is 49.2 Å². The fourth-order valence-electron chi connectivity index (χ4n) is 3.63.